The van der Waals surface area contributed by atoms with Gasteiger partial charge >= 0.3 is 12.2 Å². The van der Waals surface area contributed by atoms with E-state index in [1.54, 1.807) is 4.57 Å². The van der Waals surface area contributed by atoms with Crippen molar-refractivity contribution in [3.05, 3.63) is 36.0 Å². The van der Waals surface area contributed by atoms with E-state index in [2.05, 4.69) is 0 Å². The SMILES string of the molecule is CC(C)(C)OC(=O)n1cc(C2(CN(C(=O)O)C(C)(C)C)CC2)c2ccccc21. The molecule has 0 unspecified atom stereocenters. The maximum absolute atomic E-state index is 12.8. The maximum Gasteiger partial charge on any atom is 0.419 e. The van der Waals surface area contributed by atoms with Crippen LogP contribution in [0.25, 0.3) is 10.9 Å². The van der Waals surface area contributed by atoms with E-state index in [0.717, 1.165) is 29.3 Å². The fraction of sp³-hybridized carbons (Fsp3) is 0.545. The van der Waals surface area contributed by atoms with Crippen molar-refractivity contribution in [2.75, 3.05) is 6.54 Å². The van der Waals surface area contributed by atoms with Gasteiger partial charge in [-0.3, -0.25) is 4.57 Å². The highest BCUT2D eigenvalue weighted by atomic mass is 16.6. The number of carboxylic acid groups (broad SMARTS) is 1. The summed E-state index contributed by atoms with van der Waals surface area (Å²) in [4.78, 5) is 26.1. The first-order valence-corrected chi connectivity index (χ1v) is 9.69. The first-order chi connectivity index (χ1) is 12.8. The van der Waals surface area contributed by atoms with Gasteiger partial charge < -0.3 is 14.7 Å². The third kappa shape index (κ3) is 3.86. The quantitative estimate of drug-likeness (QED) is 0.783. The molecule has 1 N–H and O–H groups in total. The Morgan fingerprint density at radius 3 is 2.25 bits per heavy atom. The highest BCUT2D eigenvalue weighted by Crippen LogP contribution is 2.52. The van der Waals surface area contributed by atoms with Crippen LogP contribution in [0.2, 0.25) is 0 Å². The summed E-state index contributed by atoms with van der Waals surface area (Å²) in [6, 6.07) is 7.73. The fourth-order valence-electron chi connectivity index (χ4n) is 3.62. The molecule has 1 fully saturated rings. The lowest BCUT2D eigenvalue weighted by molar-refractivity contribution is 0.0543. The lowest BCUT2D eigenvalue weighted by atomic mass is 9.93. The summed E-state index contributed by atoms with van der Waals surface area (Å²) in [5.41, 5.74) is 0.454. The number of aromatic nitrogens is 1. The van der Waals surface area contributed by atoms with Gasteiger partial charge in [-0.25, -0.2) is 9.59 Å². The lowest BCUT2D eigenvalue weighted by Gasteiger charge is -2.36. The van der Waals surface area contributed by atoms with Gasteiger partial charge in [-0.05, 0) is 66.0 Å². The summed E-state index contributed by atoms with van der Waals surface area (Å²) in [7, 11) is 0. The van der Waals surface area contributed by atoms with Crippen LogP contribution in [0, 0.1) is 0 Å². The topological polar surface area (TPSA) is 71.8 Å². The standard InChI is InChI=1S/C22H30N2O4/c1-20(2,3)24(18(25)26)14-22(11-12-22)16-13-23(19(27)28-21(4,5)6)17-10-8-7-9-15(16)17/h7-10,13H,11-12,14H2,1-6H3,(H,25,26). The zero-order chi connectivity index (χ0) is 20.9. The second-order valence-electron chi connectivity index (χ2n) is 9.73. The van der Waals surface area contributed by atoms with Gasteiger partial charge in [-0.1, -0.05) is 18.2 Å². The number of hydrogen-bond donors (Lipinski definition) is 1. The molecule has 0 bridgehead atoms. The maximum atomic E-state index is 12.8. The molecule has 1 saturated carbocycles. The van der Waals surface area contributed by atoms with E-state index < -0.39 is 23.3 Å². The van der Waals surface area contributed by atoms with Gasteiger partial charge in [0.2, 0.25) is 0 Å². The minimum absolute atomic E-state index is 0.265. The zero-order valence-electron chi connectivity index (χ0n) is 17.6. The Kier molecular flexibility index (Phi) is 4.72. The minimum Gasteiger partial charge on any atom is -0.465 e. The highest BCUT2D eigenvalue weighted by Gasteiger charge is 2.49. The average Bonchev–Trinajstić information content (AvgIpc) is 3.22. The van der Waals surface area contributed by atoms with Crippen LogP contribution in [0.3, 0.4) is 0 Å². The molecule has 28 heavy (non-hydrogen) atoms. The Bertz CT molecular complexity index is 911. The number of carbonyl (C=O) groups is 2. The first kappa shape index (κ1) is 20.2. The molecule has 6 heteroatoms. The molecule has 152 valence electrons. The third-order valence-corrected chi connectivity index (χ3v) is 5.23. The van der Waals surface area contributed by atoms with E-state index >= 15 is 0 Å². The van der Waals surface area contributed by atoms with Crippen LogP contribution in [0.4, 0.5) is 9.59 Å². The molecule has 1 heterocycles. The smallest absolute Gasteiger partial charge is 0.419 e. The second-order valence-corrected chi connectivity index (χ2v) is 9.73. The van der Waals surface area contributed by atoms with Gasteiger partial charge in [0.1, 0.15) is 5.60 Å². The van der Waals surface area contributed by atoms with Gasteiger partial charge in [0, 0.05) is 29.1 Å². The Labute approximate surface area is 166 Å². The number of nitrogens with zero attached hydrogens (tertiary/aromatic N) is 2. The summed E-state index contributed by atoms with van der Waals surface area (Å²) in [5, 5.41) is 10.7. The Morgan fingerprint density at radius 1 is 1.14 bits per heavy atom. The Balaban J connectivity index is 2.04. The number of fused-ring (bicyclic) bond motifs is 1. The predicted molar refractivity (Wildman–Crippen MR) is 109 cm³/mol. The van der Waals surface area contributed by atoms with Crippen molar-refractivity contribution in [1.29, 1.82) is 0 Å². The number of amides is 1. The minimum atomic E-state index is -0.922. The van der Waals surface area contributed by atoms with Crippen LogP contribution >= 0.6 is 0 Å². The molecular formula is C22H30N2O4. The number of para-hydroxylation sites is 1. The molecule has 0 atom stereocenters. The van der Waals surface area contributed by atoms with E-state index in [1.807, 2.05) is 72.0 Å². The Morgan fingerprint density at radius 2 is 1.75 bits per heavy atom. The molecular weight excluding hydrogens is 356 g/mol. The normalized spacial score (nSPS) is 16.1. The fourth-order valence-corrected chi connectivity index (χ4v) is 3.62. The summed E-state index contributed by atoms with van der Waals surface area (Å²) in [6.07, 6.45) is 2.30. The van der Waals surface area contributed by atoms with Crippen LogP contribution < -0.4 is 0 Å². The summed E-state index contributed by atoms with van der Waals surface area (Å²) < 4.78 is 7.13. The molecule has 1 amide bonds. The monoisotopic (exact) mass is 386 g/mol. The van der Waals surface area contributed by atoms with E-state index in [1.165, 1.54) is 4.90 Å². The third-order valence-electron chi connectivity index (χ3n) is 5.23. The lowest BCUT2D eigenvalue weighted by Crippen LogP contribution is -2.48. The van der Waals surface area contributed by atoms with Gasteiger partial charge in [0.15, 0.2) is 0 Å². The first-order valence-electron chi connectivity index (χ1n) is 9.69. The number of rotatable bonds is 3. The van der Waals surface area contributed by atoms with Gasteiger partial charge in [-0.15, -0.1) is 0 Å². The molecule has 0 radical (unpaired) electrons. The number of ether oxygens (including phenoxy) is 1. The van der Waals surface area contributed by atoms with Crippen LogP contribution in [-0.2, 0) is 10.2 Å². The van der Waals surface area contributed by atoms with Crippen LogP contribution in [0.1, 0.15) is 59.9 Å². The van der Waals surface area contributed by atoms with Crippen LogP contribution in [-0.4, -0.2) is 44.4 Å². The molecule has 3 rings (SSSR count). The van der Waals surface area contributed by atoms with Gasteiger partial charge in [-0.2, -0.15) is 0 Å². The molecule has 1 aromatic carbocycles. The zero-order valence-corrected chi connectivity index (χ0v) is 17.6. The average molecular weight is 386 g/mol. The van der Waals surface area contributed by atoms with E-state index in [0.29, 0.717) is 6.54 Å². The van der Waals surface area contributed by atoms with Crippen molar-refractivity contribution in [2.24, 2.45) is 0 Å². The highest BCUT2D eigenvalue weighted by molar-refractivity contribution is 5.93. The van der Waals surface area contributed by atoms with Crippen molar-refractivity contribution in [3.63, 3.8) is 0 Å². The number of hydrogen-bond acceptors (Lipinski definition) is 3. The molecule has 2 aromatic rings. The van der Waals surface area contributed by atoms with E-state index in [9.17, 15) is 14.7 Å². The number of carbonyl (C=O) groups excluding carboxylic acids is 1. The van der Waals surface area contributed by atoms with Crippen LogP contribution in [0.15, 0.2) is 30.5 Å². The van der Waals surface area contributed by atoms with E-state index in [-0.39, 0.29) is 5.41 Å². The molecule has 0 aliphatic heterocycles. The molecule has 1 aromatic heterocycles. The molecule has 0 saturated heterocycles. The van der Waals surface area contributed by atoms with Crippen molar-refractivity contribution >= 4 is 23.1 Å². The molecule has 0 spiro atoms. The largest absolute Gasteiger partial charge is 0.465 e. The van der Waals surface area contributed by atoms with E-state index in [4.69, 9.17) is 4.74 Å². The number of benzene rings is 1. The molecule has 1 aliphatic carbocycles. The van der Waals surface area contributed by atoms with Crippen molar-refractivity contribution < 1.29 is 19.4 Å². The summed E-state index contributed by atoms with van der Waals surface area (Å²) >= 11 is 0. The van der Waals surface area contributed by atoms with Crippen molar-refractivity contribution in [1.82, 2.24) is 9.47 Å². The van der Waals surface area contributed by atoms with Crippen molar-refractivity contribution in [3.8, 4) is 0 Å². The summed E-state index contributed by atoms with van der Waals surface area (Å²) in [5.74, 6) is 0. The summed E-state index contributed by atoms with van der Waals surface area (Å²) in [6.45, 7) is 11.6. The van der Waals surface area contributed by atoms with Crippen LogP contribution in [0.5, 0.6) is 0 Å². The van der Waals surface area contributed by atoms with Gasteiger partial charge in [0.05, 0.1) is 5.52 Å². The predicted octanol–water partition coefficient (Wildman–Crippen LogP) is 5.23. The second kappa shape index (κ2) is 6.54. The molecule has 6 nitrogen and oxygen atoms in total. The Hall–Kier alpha value is -2.50. The molecule has 1 aliphatic rings. The van der Waals surface area contributed by atoms with Crippen molar-refractivity contribution in [2.45, 2.75) is 70.9 Å². The van der Waals surface area contributed by atoms with Gasteiger partial charge in [0.25, 0.3) is 0 Å².